The average Bonchev–Trinajstić information content (AvgIpc) is 2.86. The van der Waals surface area contributed by atoms with Crippen LogP contribution in [0.5, 0.6) is 0 Å². The molecule has 0 aromatic carbocycles. The number of thiophene rings is 1. The molecule has 1 aliphatic heterocycles. The second-order valence-corrected chi connectivity index (χ2v) is 4.78. The zero-order chi connectivity index (χ0) is 10.7. The van der Waals surface area contributed by atoms with Crippen LogP contribution >= 0.6 is 11.3 Å². The number of aliphatic carboxylic acids is 1. The lowest BCUT2D eigenvalue weighted by Crippen LogP contribution is -2.35. The van der Waals surface area contributed by atoms with Gasteiger partial charge in [0.15, 0.2) is 0 Å². The van der Waals surface area contributed by atoms with Gasteiger partial charge >= 0.3 is 5.97 Å². The van der Waals surface area contributed by atoms with E-state index < -0.39 is 5.97 Å². The quantitative estimate of drug-likeness (QED) is 0.822. The highest BCUT2D eigenvalue weighted by Gasteiger charge is 2.28. The van der Waals surface area contributed by atoms with Crippen LogP contribution in [0, 0.1) is 0 Å². The molecule has 2 atom stereocenters. The van der Waals surface area contributed by atoms with Crippen molar-refractivity contribution < 1.29 is 9.90 Å². The predicted octanol–water partition coefficient (Wildman–Crippen LogP) is 1.89. The molecule has 1 fully saturated rings. The Morgan fingerprint density at radius 2 is 2.47 bits per heavy atom. The van der Waals surface area contributed by atoms with E-state index in [9.17, 15) is 4.79 Å². The third-order valence-electron chi connectivity index (χ3n) is 2.90. The van der Waals surface area contributed by atoms with E-state index in [4.69, 9.17) is 5.11 Å². The molecule has 0 spiro atoms. The van der Waals surface area contributed by atoms with Gasteiger partial charge in [0, 0.05) is 6.04 Å². The highest BCUT2D eigenvalue weighted by molar-refractivity contribution is 7.07. The molecule has 0 radical (unpaired) electrons. The second-order valence-electron chi connectivity index (χ2n) is 4.00. The van der Waals surface area contributed by atoms with Crippen molar-refractivity contribution in [1.29, 1.82) is 0 Å². The zero-order valence-electron chi connectivity index (χ0n) is 8.48. The first-order valence-electron chi connectivity index (χ1n) is 5.25. The van der Waals surface area contributed by atoms with Crippen molar-refractivity contribution in [3.05, 3.63) is 22.4 Å². The van der Waals surface area contributed by atoms with Crippen LogP contribution in [0.4, 0.5) is 0 Å². The summed E-state index contributed by atoms with van der Waals surface area (Å²) in [5.41, 5.74) is 1.36. The van der Waals surface area contributed by atoms with E-state index in [-0.39, 0.29) is 6.04 Å². The summed E-state index contributed by atoms with van der Waals surface area (Å²) in [6.45, 7) is 0. The van der Waals surface area contributed by atoms with Crippen LogP contribution < -0.4 is 5.32 Å². The lowest BCUT2D eigenvalue weighted by atomic mass is 10.1. The Balaban J connectivity index is 1.75. The van der Waals surface area contributed by atoms with E-state index in [0.29, 0.717) is 6.04 Å². The van der Waals surface area contributed by atoms with Crippen LogP contribution in [0.1, 0.15) is 24.8 Å². The number of nitrogens with one attached hydrogen (secondary N) is 1. The number of carbonyl (C=O) groups is 1. The summed E-state index contributed by atoms with van der Waals surface area (Å²) in [4.78, 5) is 10.7. The predicted molar refractivity (Wildman–Crippen MR) is 60.2 cm³/mol. The Morgan fingerprint density at radius 3 is 3.07 bits per heavy atom. The number of carboxylic acids is 1. The van der Waals surface area contributed by atoms with Gasteiger partial charge < -0.3 is 10.4 Å². The molecule has 1 saturated heterocycles. The van der Waals surface area contributed by atoms with Gasteiger partial charge in [-0.2, -0.15) is 11.3 Å². The number of hydrogen-bond donors (Lipinski definition) is 2. The Kier molecular flexibility index (Phi) is 3.38. The van der Waals surface area contributed by atoms with Gasteiger partial charge in [0.05, 0.1) is 0 Å². The minimum atomic E-state index is -0.715. The zero-order valence-corrected chi connectivity index (χ0v) is 9.30. The van der Waals surface area contributed by atoms with E-state index in [2.05, 4.69) is 22.1 Å². The first-order valence-corrected chi connectivity index (χ1v) is 6.20. The molecule has 0 bridgehead atoms. The van der Waals surface area contributed by atoms with E-state index in [1.165, 1.54) is 5.56 Å². The Labute approximate surface area is 93.1 Å². The Bertz CT molecular complexity index is 323. The molecule has 2 heterocycles. The van der Waals surface area contributed by atoms with E-state index >= 15 is 0 Å². The minimum Gasteiger partial charge on any atom is -0.480 e. The number of carboxylic acid groups (broad SMARTS) is 1. The van der Waals surface area contributed by atoms with Gasteiger partial charge in [0.2, 0.25) is 0 Å². The SMILES string of the molecule is O=C(O)C1CCC(CCc2ccsc2)N1. The van der Waals surface area contributed by atoms with Crippen LogP contribution in [-0.2, 0) is 11.2 Å². The first kappa shape index (κ1) is 10.6. The fraction of sp³-hybridized carbons (Fsp3) is 0.545. The summed E-state index contributed by atoms with van der Waals surface area (Å²) in [7, 11) is 0. The van der Waals surface area contributed by atoms with Crippen molar-refractivity contribution in [3.63, 3.8) is 0 Å². The number of hydrogen-bond acceptors (Lipinski definition) is 3. The molecule has 1 aromatic heterocycles. The molecule has 2 N–H and O–H groups in total. The van der Waals surface area contributed by atoms with Crippen LogP contribution in [0.3, 0.4) is 0 Å². The van der Waals surface area contributed by atoms with Crippen LogP contribution in [0.15, 0.2) is 16.8 Å². The molecule has 1 aromatic rings. The maximum Gasteiger partial charge on any atom is 0.320 e. The largest absolute Gasteiger partial charge is 0.480 e. The Hall–Kier alpha value is -0.870. The van der Waals surface area contributed by atoms with E-state index in [0.717, 1.165) is 25.7 Å². The summed E-state index contributed by atoms with van der Waals surface area (Å²) in [5.74, 6) is -0.715. The van der Waals surface area contributed by atoms with E-state index in [1.54, 1.807) is 11.3 Å². The van der Waals surface area contributed by atoms with Crippen molar-refractivity contribution in [2.75, 3.05) is 0 Å². The molecule has 4 heteroatoms. The summed E-state index contributed by atoms with van der Waals surface area (Å²) < 4.78 is 0. The van der Waals surface area contributed by atoms with Crippen molar-refractivity contribution in [2.24, 2.45) is 0 Å². The average molecular weight is 225 g/mol. The van der Waals surface area contributed by atoms with Gasteiger partial charge in [-0.05, 0) is 48.1 Å². The molecule has 15 heavy (non-hydrogen) atoms. The summed E-state index contributed by atoms with van der Waals surface area (Å²) in [6.07, 6.45) is 3.85. The molecule has 82 valence electrons. The van der Waals surface area contributed by atoms with Gasteiger partial charge in [-0.15, -0.1) is 0 Å². The standard InChI is InChI=1S/C11H15NO2S/c13-11(14)10-4-3-9(12-10)2-1-8-5-6-15-7-8/h5-7,9-10,12H,1-4H2,(H,13,14). The monoisotopic (exact) mass is 225 g/mol. The molecule has 0 amide bonds. The van der Waals surface area contributed by atoms with Crippen molar-refractivity contribution in [1.82, 2.24) is 5.32 Å². The molecule has 2 unspecified atom stereocenters. The van der Waals surface area contributed by atoms with Gasteiger partial charge in [-0.3, -0.25) is 4.79 Å². The number of aryl methyl sites for hydroxylation is 1. The highest BCUT2D eigenvalue weighted by Crippen LogP contribution is 2.18. The smallest absolute Gasteiger partial charge is 0.320 e. The molecular weight excluding hydrogens is 210 g/mol. The normalized spacial score (nSPS) is 25.6. The van der Waals surface area contributed by atoms with Gasteiger partial charge in [-0.25, -0.2) is 0 Å². The second kappa shape index (κ2) is 4.77. The first-order chi connectivity index (χ1) is 7.25. The summed E-state index contributed by atoms with van der Waals surface area (Å²) >= 11 is 1.71. The number of rotatable bonds is 4. The molecule has 1 aliphatic rings. The third-order valence-corrected chi connectivity index (χ3v) is 3.63. The fourth-order valence-electron chi connectivity index (χ4n) is 2.02. The third kappa shape index (κ3) is 2.79. The van der Waals surface area contributed by atoms with E-state index in [1.807, 2.05) is 0 Å². The van der Waals surface area contributed by atoms with Crippen molar-refractivity contribution >= 4 is 17.3 Å². The van der Waals surface area contributed by atoms with Crippen molar-refractivity contribution in [3.8, 4) is 0 Å². The van der Waals surface area contributed by atoms with Crippen LogP contribution in [-0.4, -0.2) is 23.2 Å². The highest BCUT2D eigenvalue weighted by atomic mass is 32.1. The van der Waals surface area contributed by atoms with Gasteiger partial charge in [0.25, 0.3) is 0 Å². The summed E-state index contributed by atoms with van der Waals surface area (Å²) in [6, 6.07) is 2.19. The maximum atomic E-state index is 10.7. The minimum absolute atomic E-state index is 0.322. The van der Waals surface area contributed by atoms with Gasteiger partial charge in [-0.1, -0.05) is 0 Å². The lowest BCUT2D eigenvalue weighted by molar-refractivity contribution is -0.139. The molecular formula is C11H15NO2S. The Morgan fingerprint density at radius 1 is 1.60 bits per heavy atom. The molecule has 2 rings (SSSR count). The fourth-order valence-corrected chi connectivity index (χ4v) is 2.72. The molecule has 0 aliphatic carbocycles. The maximum absolute atomic E-state index is 10.7. The topological polar surface area (TPSA) is 49.3 Å². The van der Waals surface area contributed by atoms with Gasteiger partial charge in [0.1, 0.15) is 6.04 Å². The van der Waals surface area contributed by atoms with Crippen molar-refractivity contribution in [2.45, 2.75) is 37.8 Å². The summed E-state index contributed by atoms with van der Waals surface area (Å²) in [5, 5.41) is 16.2. The molecule has 0 saturated carbocycles. The van der Waals surface area contributed by atoms with Crippen LogP contribution in [0.2, 0.25) is 0 Å². The lowest BCUT2D eigenvalue weighted by Gasteiger charge is -2.10. The van der Waals surface area contributed by atoms with Crippen LogP contribution in [0.25, 0.3) is 0 Å². The molecule has 3 nitrogen and oxygen atoms in total.